The van der Waals surface area contributed by atoms with Gasteiger partial charge in [-0.05, 0) is 33.0 Å². The van der Waals surface area contributed by atoms with Crippen LogP contribution >= 0.6 is 12.2 Å². The summed E-state index contributed by atoms with van der Waals surface area (Å²) in [6, 6.07) is 0. The highest BCUT2D eigenvalue weighted by atomic mass is 32.1. The summed E-state index contributed by atoms with van der Waals surface area (Å²) in [6.45, 7) is 7.15. The highest BCUT2D eigenvalue weighted by molar-refractivity contribution is 7.78. The van der Waals surface area contributed by atoms with E-state index in [0.717, 1.165) is 0 Å². The third kappa shape index (κ3) is 2.91. The van der Waals surface area contributed by atoms with Crippen molar-refractivity contribution in [1.82, 2.24) is 0 Å². The van der Waals surface area contributed by atoms with Crippen molar-refractivity contribution in [3.8, 4) is 0 Å². The molecule has 0 rings (SSSR count). The van der Waals surface area contributed by atoms with Crippen LogP contribution in [0.5, 0.6) is 0 Å². The smallest absolute Gasteiger partial charge is 0.135 e. The number of carbonyl (C=O) groups is 1. The summed E-state index contributed by atoms with van der Waals surface area (Å²) in [5, 5.41) is 2.30. The molecule has 0 saturated heterocycles. The summed E-state index contributed by atoms with van der Waals surface area (Å²) in [6.07, 6.45) is 0. The molecule has 0 aliphatic carbocycles. The van der Waals surface area contributed by atoms with Crippen molar-refractivity contribution in [2.75, 3.05) is 0 Å². The van der Waals surface area contributed by atoms with Gasteiger partial charge in [-0.3, -0.25) is 4.79 Å². The molecule has 1 unspecified atom stereocenters. The van der Waals surface area contributed by atoms with E-state index in [-0.39, 0.29) is 11.7 Å². The third-order valence-corrected chi connectivity index (χ3v) is 2.09. The average Bonchev–Trinajstić information content (AvgIpc) is 1.86. The Morgan fingerprint density at radius 1 is 1.64 bits per heavy atom. The van der Waals surface area contributed by atoms with Gasteiger partial charge in [0, 0.05) is 5.92 Å². The molecule has 0 aliphatic heterocycles. The summed E-state index contributed by atoms with van der Waals surface area (Å²) in [4.78, 5) is 14.9. The second-order valence-corrected chi connectivity index (χ2v) is 3.37. The molecule has 0 aromatic heterocycles. The molecule has 3 heteroatoms. The van der Waals surface area contributed by atoms with E-state index < -0.39 is 5.54 Å². The Bertz CT molecular complexity index is 204. The van der Waals surface area contributed by atoms with Gasteiger partial charge in [0.25, 0.3) is 0 Å². The third-order valence-electron chi connectivity index (χ3n) is 2.00. The second kappa shape index (κ2) is 3.74. The SMILES string of the molecule is CC(=O)C(C)C(C)(C)N=C=S. The Balaban J connectivity index is 4.54. The summed E-state index contributed by atoms with van der Waals surface area (Å²) in [7, 11) is 0. The van der Waals surface area contributed by atoms with Gasteiger partial charge in [-0.25, -0.2) is 4.99 Å². The van der Waals surface area contributed by atoms with Gasteiger partial charge in [-0.2, -0.15) is 0 Å². The van der Waals surface area contributed by atoms with Crippen LogP contribution in [0.3, 0.4) is 0 Å². The lowest BCUT2D eigenvalue weighted by molar-refractivity contribution is -0.121. The summed E-state index contributed by atoms with van der Waals surface area (Å²) in [5.41, 5.74) is -0.409. The molecule has 0 fully saturated rings. The maximum atomic E-state index is 10.9. The molecular weight excluding hydrogens is 158 g/mol. The Morgan fingerprint density at radius 2 is 2.09 bits per heavy atom. The Kier molecular flexibility index (Phi) is 3.56. The summed E-state index contributed by atoms with van der Waals surface area (Å²) in [5.74, 6) is 0.0296. The molecule has 0 spiro atoms. The molecule has 0 bridgehead atoms. The van der Waals surface area contributed by atoms with Gasteiger partial charge in [-0.15, -0.1) is 0 Å². The molecule has 62 valence electrons. The first-order valence-electron chi connectivity index (χ1n) is 3.51. The summed E-state index contributed by atoms with van der Waals surface area (Å²) < 4.78 is 0. The zero-order valence-electron chi connectivity index (χ0n) is 7.34. The first kappa shape index (κ1) is 10.5. The molecule has 0 amide bonds. The number of isothiocyanates is 1. The number of nitrogens with zero attached hydrogens (tertiary/aromatic N) is 1. The fraction of sp³-hybridized carbons (Fsp3) is 0.750. The van der Waals surface area contributed by atoms with Gasteiger partial charge in [0.05, 0.1) is 10.7 Å². The van der Waals surface area contributed by atoms with Crippen molar-refractivity contribution >= 4 is 23.2 Å². The largest absolute Gasteiger partial charge is 0.300 e. The van der Waals surface area contributed by atoms with Gasteiger partial charge < -0.3 is 0 Å². The van der Waals surface area contributed by atoms with Crippen LogP contribution in [0.15, 0.2) is 4.99 Å². The maximum absolute atomic E-state index is 10.9. The van der Waals surface area contributed by atoms with E-state index in [1.54, 1.807) is 6.92 Å². The number of hydrogen-bond acceptors (Lipinski definition) is 3. The topological polar surface area (TPSA) is 29.4 Å². The van der Waals surface area contributed by atoms with Crippen molar-refractivity contribution in [3.63, 3.8) is 0 Å². The number of hydrogen-bond donors (Lipinski definition) is 0. The van der Waals surface area contributed by atoms with E-state index in [1.807, 2.05) is 20.8 Å². The molecule has 0 saturated carbocycles. The monoisotopic (exact) mass is 171 g/mol. The molecule has 0 N–H and O–H groups in total. The highest BCUT2D eigenvalue weighted by Gasteiger charge is 2.27. The lowest BCUT2D eigenvalue weighted by Crippen LogP contribution is -2.31. The fourth-order valence-electron chi connectivity index (χ4n) is 0.712. The quantitative estimate of drug-likeness (QED) is 0.480. The molecule has 0 radical (unpaired) electrons. The molecule has 1 atom stereocenters. The standard InChI is InChI=1S/C8H13NOS/c1-6(7(2)10)8(3,4)9-5-11/h6H,1-4H3. The van der Waals surface area contributed by atoms with Gasteiger partial charge in [0.15, 0.2) is 0 Å². The minimum Gasteiger partial charge on any atom is -0.300 e. The minimum atomic E-state index is -0.409. The van der Waals surface area contributed by atoms with Crippen LogP contribution < -0.4 is 0 Å². The lowest BCUT2D eigenvalue weighted by atomic mass is 9.87. The zero-order valence-corrected chi connectivity index (χ0v) is 8.16. The summed E-state index contributed by atoms with van der Waals surface area (Å²) >= 11 is 4.48. The van der Waals surface area contributed by atoms with Crippen molar-refractivity contribution in [2.24, 2.45) is 10.9 Å². The second-order valence-electron chi connectivity index (χ2n) is 3.19. The number of carbonyl (C=O) groups excluding carboxylic acids is 1. The molecule has 0 heterocycles. The van der Waals surface area contributed by atoms with Gasteiger partial charge in [0.2, 0.25) is 0 Å². The van der Waals surface area contributed by atoms with E-state index in [2.05, 4.69) is 22.4 Å². The van der Waals surface area contributed by atoms with Crippen LogP contribution in [0.2, 0.25) is 0 Å². The lowest BCUT2D eigenvalue weighted by Gasteiger charge is -2.23. The molecule has 0 aliphatic rings. The average molecular weight is 171 g/mol. The van der Waals surface area contributed by atoms with Crippen LogP contribution in [0.4, 0.5) is 0 Å². The number of Topliss-reactive ketones (excluding diaryl/α,β-unsaturated/α-hetero) is 1. The molecular formula is C8H13NOS. The predicted molar refractivity (Wildman–Crippen MR) is 49.0 cm³/mol. The Hall–Kier alpha value is -0.530. The van der Waals surface area contributed by atoms with Crippen LogP contribution in [-0.2, 0) is 4.79 Å². The van der Waals surface area contributed by atoms with Crippen LogP contribution in [-0.4, -0.2) is 16.5 Å². The number of aliphatic imine (C=N–C) groups is 1. The number of thiocarbonyl (C=S) groups is 1. The molecule has 0 aromatic carbocycles. The molecule has 11 heavy (non-hydrogen) atoms. The van der Waals surface area contributed by atoms with E-state index in [1.165, 1.54) is 0 Å². The number of ketones is 1. The van der Waals surface area contributed by atoms with E-state index in [0.29, 0.717) is 0 Å². The molecule has 2 nitrogen and oxygen atoms in total. The van der Waals surface area contributed by atoms with E-state index >= 15 is 0 Å². The first-order valence-corrected chi connectivity index (χ1v) is 3.92. The first-order chi connectivity index (χ1) is 4.91. The fourth-order valence-corrected chi connectivity index (χ4v) is 0.947. The van der Waals surface area contributed by atoms with Crippen LogP contribution in [0, 0.1) is 5.92 Å². The van der Waals surface area contributed by atoms with E-state index in [9.17, 15) is 4.79 Å². The van der Waals surface area contributed by atoms with Crippen molar-refractivity contribution in [1.29, 1.82) is 0 Å². The van der Waals surface area contributed by atoms with Gasteiger partial charge in [0.1, 0.15) is 5.78 Å². The van der Waals surface area contributed by atoms with Gasteiger partial charge >= 0.3 is 0 Å². The zero-order chi connectivity index (χ0) is 9.07. The number of rotatable bonds is 3. The van der Waals surface area contributed by atoms with Crippen molar-refractivity contribution in [3.05, 3.63) is 0 Å². The van der Waals surface area contributed by atoms with Gasteiger partial charge in [-0.1, -0.05) is 6.92 Å². The normalized spacial score (nSPS) is 13.5. The maximum Gasteiger partial charge on any atom is 0.135 e. The van der Waals surface area contributed by atoms with Crippen LogP contribution in [0.25, 0.3) is 0 Å². The Labute approximate surface area is 72.7 Å². The van der Waals surface area contributed by atoms with Crippen molar-refractivity contribution < 1.29 is 4.79 Å². The highest BCUT2D eigenvalue weighted by Crippen LogP contribution is 2.20. The Morgan fingerprint density at radius 3 is 2.36 bits per heavy atom. The minimum absolute atomic E-state index is 0.0991. The predicted octanol–water partition coefficient (Wildman–Crippen LogP) is 2.09. The molecule has 0 aromatic rings. The van der Waals surface area contributed by atoms with Crippen LogP contribution in [0.1, 0.15) is 27.7 Å². The van der Waals surface area contributed by atoms with E-state index in [4.69, 9.17) is 0 Å². The van der Waals surface area contributed by atoms with Crippen molar-refractivity contribution in [2.45, 2.75) is 33.2 Å².